The summed E-state index contributed by atoms with van der Waals surface area (Å²) in [6, 6.07) is 10.5. The summed E-state index contributed by atoms with van der Waals surface area (Å²) in [6.45, 7) is 0. The van der Waals surface area contributed by atoms with Crippen molar-refractivity contribution in [2.45, 2.75) is 0 Å². The molecule has 9 aromatic rings. The number of hydrogen-bond donors (Lipinski definition) is 0. The third-order valence-electron chi connectivity index (χ3n) is 7.98. The number of fused-ring (bicyclic) bond motifs is 3. The highest BCUT2D eigenvalue weighted by molar-refractivity contribution is 6.22. The molecule has 0 aliphatic heterocycles. The molecule has 2 nitrogen and oxygen atoms in total. The van der Waals surface area contributed by atoms with E-state index in [2.05, 4.69) is 0 Å². The van der Waals surface area contributed by atoms with Crippen molar-refractivity contribution in [1.29, 1.82) is 0 Å². The lowest BCUT2D eigenvalue weighted by molar-refractivity contribution is 1.10. The van der Waals surface area contributed by atoms with Gasteiger partial charge in [-0.3, -0.25) is 4.57 Å². The third-order valence-corrected chi connectivity index (χ3v) is 7.98. The van der Waals surface area contributed by atoms with Gasteiger partial charge in [-0.1, -0.05) is 145 Å². The summed E-state index contributed by atoms with van der Waals surface area (Å²) in [4.78, 5) is 4.94. The predicted octanol–water partition coefficient (Wildman–Crippen LogP) is 12.0. The summed E-state index contributed by atoms with van der Waals surface area (Å²) < 4.78 is 155. The maximum absolute atomic E-state index is 10.0. The second-order valence-electron chi connectivity index (χ2n) is 10.7. The first-order chi connectivity index (χ1) is 30.4. The third kappa shape index (κ3) is 4.62. The number of para-hydroxylation sites is 3. The molecule has 0 amide bonds. The molecule has 0 fully saturated rings. The first-order valence-corrected chi connectivity index (χ1v) is 14.7. The van der Waals surface area contributed by atoms with Gasteiger partial charge in [-0.2, -0.15) is 0 Å². The van der Waals surface area contributed by atoms with Gasteiger partial charge in [-0.25, -0.2) is 4.98 Å². The van der Waals surface area contributed by atoms with Gasteiger partial charge >= 0.3 is 0 Å². The standard InChI is InChI=1S/C45H30N2/c1-4-15-31(16-5-1)43-37-23-10-11-24-38(37)44(32-17-6-2-7-18-32)40-30-34(27-28-39(40)43)33-19-14-20-35(29-33)45-46-41-25-12-13-26-42(41)47(45)36-21-8-3-9-22-36/h1-30H/i1D,2D,4D,5D,6D,7D,10D,11D,15D,16D,17D,18D,23D,24D,27D,28D,30D. The average molecular weight is 616 g/mol. The minimum atomic E-state index is -0.823. The van der Waals surface area contributed by atoms with Crippen LogP contribution in [-0.4, -0.2) is 9.55 Å². The van der Waals surface area contributed by atoms with Crippen LogP contribution in [-0.2, 0) is 0 Å². The van der Waals surface area contributed by atoms with E-state index < -0.39 is 147 Å². The highest BCUT2D eigenvalue weighted by Gasteiger charge is 2.18. The Bertz CT molecular complexity index is 3470. The van der Waals surface area contributed by atoms with Crippen LogP contribution < -0.4 is 0 Å². The summed E-state index contributed by atoms with van der Waals surface area (Å²) in [5.74, 6) is 0.490. The van der Waals surface area contributed by atoms with E-state index in [9.17, 15) is 6.85 Å². The van der Waals surface area contributed by atoms with Crippen LogP contribution in [0.3, 0.4) is 0 Å². The molecular formula is C45H30N2. The second kappa shape index (κ2) is 11.3. The SMILES string of the molecule is [2H]c1c([2H])c([2H])c(-c2c3c([2H])c([2H])c([2H])c([2H])c3c(-c3c([2H])c([2H])c([2H])c([2H])c3[2H])c3c([2H])c(-c4cccc(-c5nc6ccccc6n5-c5ccccc5)c4)c([2H])c([2H])c23)c([2H])c1[2H]. The fourth-order valence-electron chi connectivity index (χ4n) is 5.98. The lowest BCUT2D eigenvalue weighted by atomic mass is 9.85. The van der Waals surface area contributed by atoms with Crippen LogP contribution in [0, 0.1) is 0 Å². The molecule has 0 saturated carbocycles. The Morgan fingerprint density at radius 2 is 1.04 bits per heavy atom. The number of imidazole rings is 1. The van der Waals surface area contributed by atoms with Crippen LogP contribution in [0.1, 0.15) is 23.3 Å². The van der Waals surface area contributed by atoms with E-state index in [1.165, 1.54) is 0 Å². The van der Waals surface area contributed by atoms with E-state index in [0.29, 0.717) is 16.9 Å². The maximum atomic E-state index is 10.0. The van der Waals surface area contributed by atoms with Crippen molar-refractivity contribution in [2.75, 3.05) is 0 Å². The largest absolute Gasteiger partial charge is 0.292 e. The van der Waals surface area contributed by atoms with Gasteiger partial charge in [0, 0.05) is 11.3 Å². The van der Waals surface area contributed by atoms with Gasteiger partial charge in [0.25, 0.3) is 0 Å². The zero-order valence-electron chi connectivity index (χ0n) is 41.4. The van der Waals surface area contributed by atoms with E-state index in [-0.39, 0.29) is 11.1 Å². The van der Waals surface area contributed by atoms with Gasteiger partial charge in [-0.05, 0) is 91.3 Å². The molecular weight excluding hydrogens is 569 g/mol. The minimum absolute atomic E-state index is 0.192. The zero-order valence-corrected chi connectivity index (χ0v) is 24.4. The van der Waals surface area contributed by atoms with Gasteiger partial charge in [0.15, 0.2) is 0 Å². The first-order valence-electron chi connectivity index (χ1n) is 23.2. The molecule has 0 N–H and O–H groups in total. The number of benzene rings is 8. The van der Waals surface area contributed by atoms with Crippen LogP contribution in [0.15, 0.2) is 182 Å². The smallest absolute Gasteiger partial charge is 0.145 e. The van der Waals surface area contributed by atoms with Crippen molar-refractivity contribution in [1.82, 2.24) is 9.55 Å². The molecule has 8 aromatic carbocycles. The molecule has 47 heavy (non-hydrogen) atoms. The first kappa shape index (κ1) is 14.9. The molecule has 0 bridgehead atoms. The van der Waals surface area contributed by atoms with E-state index in [1.807, 2.05) is 59.2 Å². The number of hydrogen-bond acceptors (Lipinski definition) is 1. The van der Waals surface area contributed by atoms with Crippen molar-refractivity contribution in [2.24, 2.45) is 0 Å². The van der Waals surface area contributed by atoms with Crippen LogP contribution in [0.2, 0.25) is 0 Å². The van der Waals surface area contributed by atoms with Crippen LogP contribution in [0.4, 0.5) is 0 Å². The second-order valence-corrected chi connectivity index (χ2v) is 10.7. The van der Waals surface area contributed by atoms with E-state index in [1.54, 1.807) is 24.3 Å². The Labute approximate surface area is 297 Å². The average Bonchev–Trinajstić information content (AvgIpc) is 3.69. The Kier molecular flexibility index (Phi) is 3.57. The van der Waals surface area contributed by atoms with Gasteiger partial charge in [0.2, 0.25) is 0 Å². The quantitative estimate of drug-likeness (QED) is 0.176. The molecule has 0 aliphatic rings. The molecule has 2 heteroatoms. The maximum Gasteiger partial charge on any atom is 0.145 e. The summed E-state index contributed by atoms with van der Waals surface area (Å²) in [5.41, 5.74) is 0.661. The summed E-state index contributed by atoms with van der Waals surface area (Å²) in [7, 11) is 0. The summed E-state index contributed by atoms with van der Waals surface area (Å²) in [5, 5.41) is -1.91. The predicted molar refractivity (Wildman–Crippen MR) is 198 cm³/mol. The van der Waals surface area contributed by atoms with Gasteiger partial charge in [0.05, 0.1) is 34.3 Å². The molecule has 0 unspecified atom stereocenters. The number of nitrogens with zero attached hydrogens (tertiary/aromatic N) is 2. The number of rotatable bonds is 5. The number of aromatic nitrogens is 2. The van der Waals surface area contributed by atoms with Gasteiger partial charge in [-0.15, -0.1) is 0 Å². The van der Waals surface area contributed by atoms with Crippen molar-refractivity contribution < 1.29 is 23.3 Å². The Balaban J connectivity index is 1.52. The monoisotopic (exact) mass is 615 g/mol. The van der Waals surface area contributed by atoms with Crippen LogP contribution in [0.5, 0.6) is 0 Å². The van der Waals surface area contributed by atoms with Crippen molar-refractivity contribution in [3.05, 3.63) is 182 Å². The lowest BCUT2D eigenvalue weighted by Gasteiger charge is -2.19. The molecule has 1 aromatic heterocycles. The highest BCUT2D eigenvalue weighted by Crippen LogP contribution is 2.45. The highest BCUT2D eigenvalue weighted by atomic mass is 15.1. The minimum Gasteiger partial charge on any atom is -0.292 e. The molecule has 1 heterocycles. The zero-order chi connectivity index (χ0) is 46.0. The fraction of sp³-hybridized carbons (Fsp3) is 0. The fourth-order valence-corrected chi connectivity index (χ4v) is 5.98. The molecule has 0 spiro atoms. The molecule has 0 atom stereocenters. The van der Waals surface area contributed by atoms with Gasteiger partial charge < -0.3 is 0 Å². The molecule has 220 valence electrons. The van der Waals surface area contributed by atoms with Crippen LogP contribution in [0.25, 0.3) is 83.0 Å². The van der Waals surface area contributed by atoms with Crippen molar-refractivity contribution in [3.8, 4) is 50.5 Å². The lowest BCUT2D eigenvalue weighted by Crippen LogP contribution is -1.97. The van der Waals surface area contributed by atoms with E-state index in [4.69, 9.17) is 21.4 Å². The Hall–Kier alpha value is -6.25. The normalized spacial score (nSPS) is 16.5. The van der Waals surface area contributed by atoms with Gasteiger partial charge in [0.1, 0.15) is 5.82 Å². The van der Waals surface area contributed by atoms with E-state index in [0.717, 1.165) is 11.2 Å². The molecule has 9 rings (SSSR count). The molecule has 0 aliphatic carbocycles. The molecule has 0 saturated heterocycles. The summed E-state index contributed by atoms with van der Waals surface area (Å²) >= 11 is 0. The van der Waals surface area contributed by atoms with E-state index >= 15 is 0 Å². The Morgan fingerprint density at radius 3 is 1.77 bits per heavy atom. The summed E-state index contributed by atoms with van der Waals surface area (Å²) in [6.07, 6.45) is 0. The Morgan fingerprint density at radius 1 is 0.447 bits per heavy atom. The van der Waals surface area contributed by atoms with Crippen molar-refractivity contribution in [3.63, 3.8) is 0 Å². The topological polar surface area (TPSA) is 17.8 Å². The van der Waals surface area contributed by atoms with Crippen molar-refractivity contribution >= 4 is 32.6 Å². The van der Waals surface area contributed by atoms with Crippen LogP contribution >= 0.6 is 0 Å². The molecule has 0 radical (unpaired) electrons.